The Labute approximate surface area is 177 Å². The van der Waals surface area contributed by atoms with Crippen LogP contribution in [0.25, 0.3) is 10.9 Å². The number of anilines is 1. The Morgan fingerprint density at radius 3 is 2.71 bits per heavy atom. The van der Waals surface area contributed by atoms with Gasteiger partial charge in [-0.1, -0.05) is 25.3 Å². The summed E-state index contributed by atoms with van der Waals surface area (Å²) in [5.41, 5.74) is -0.337. The minimum absolute atomic E-state index is 0.324. The summed E-state index contributed by atoms with van der Waals surface area (Å²) < 4.78 is 46.4. The van der Waals surface area contributed by atoms with Crippen molar-refractivity contribution >= 4 is 22.5 Å². The van der Waals surface area contributed by atoms with E-state index in [9.17, 15) is 18.0 Å². The summed E-state index contributed by atoms with van der Waals surface area (Å²) in [7, 11) is 0. The number of amides is 1. The van der Waals surface area contributed by atoms with Crippen LogP contribution in [0.2, 0.25) is 0 Å². The zero-order valence-corrected chi connectivity index (χ0v) is 17.1. The number of carbonyl (C=O) groups excluding carboxylic acids is 1. The molecule has 2 aromatic heterocycles. The number of nitrogens with one attached hydrogen (secondary N) is 1. The molecule has 1 aliphatic rings. The molecule has 1 saturated carbocycles. The molecule has 0 unspecified atom stereocenters. The zero-order valence-electron chi connectivity index (χ0n) is 17.1. The minimum atomic E-state index is -4.63. The fraction of sp³-hybridized carbons (Fsp3) is 0.409. The summed E-state index contributed by atoms with van der Waals surface area (Å²) >= 11 is 0. The number of alkyl halides is 3. The number of aromatic nitrogens is 3. The highest BCUT2D eigenvalue weighted by Crippen LogP contribution is 2.34. The molecule has 0 bridgehead atoms. The van der Waals surface area contributed by atoms with Crippen LogP contribution < -0.4 is 10.1 Å². The highest BCUT2D eigenvalue weighted by molar-refractivity contribution is 6.05. The quantitative estimate of drug-likeness (QED) is 0.569. The van der Waals surface area contributed by atoms with Crippen LogP contribution in [0.5, 0.6) is 5.75 Å². The number of hydrogen-bond acceptors (Lipinski definition) is 4. The van der Waals surface area contributed by atoms with Gasteiger partial charge >= 0.3 is 6.18 Å². The zero-order chi connectivity index (χ0) is 22.0. The lowest BCUT2D eigenvalue weighted by Crippen LogP contribution is -2.17. The molecule has 1 aliphatic carbocycles. The molecule has 1 amide bonds. The summed E-state index contributed by atoms with van der Waals surface area (Å²) in [6, 6.07) is 7.06. The molecule has 6 nitrogen and oxygen atoms in total. The minimum Gasteiger partial charge on any atom is -0.492 e. The molecule has 31 heavy (non-hydrogen) atoms. The smallest absolute Gasteiger partial charge is 0.433 e. The average Bonchev–Trinajstić information content (AvgIpc) is 3.17. The van der Waals surface area contributed by atoms with E-state index in [1.54, 1.807) is 12.1 Å². The summed E-state index contributed by atoms with van der Waals surface area (Å²) in [6.07, 6.45) is 3.07. The predicted octanol–water partition coefficient (Wildman–Crippen LogP) is 5.61. The normalized spacial score (nSPS) is 15.2. The fourth-order valence-corrected chi connectivity index (χ4v) is 3.88. The third kappa shape index (κ3) is 4.65. The van der Waals surface area contributed by atoms with Gasteiger partial charge < -0.3 is 10.1 Å². The Morgan fingerprint density at radius 1 is 1.23 bits per heavy atom. The summed E-state index contributed by atoms with van der Waals surface area (Å²) in [6.45, 7) is 2.17. The van der Waals surface area contributed by atoms with E-state index in [0.717, 1.165) is 35.9 Å². The molecule has 0 radical (unpaired) electrons. The molecule has 4 rings (SSSR count). The van der Waals surface area contributed by atoms with Gasteiger partial charge in [-0.2, -0.15) is 18.3 Å². The highest BCUT2D eigenvalue weighted by Gasteiger charge is 2.33. The van der Waals surface area contributed by atoms with Gasteiger partial charge in [0.1, 0.15) is 17.1 Å². The van der Waals surface area contributed by atoms with Crippen molar-refractivity contribution in [1.82, 2.24) is 14.8 Å². The molecule has 2 heterocycles. The first-order valence-electron chi connectivity index (χ1n) is 10.4. The molecule has 0 aliphatic heterocycles. The SMILES string of the molecule is CCOc1cc2nn(C3CCCCC3)cc2cc1NC(=O)c1cccc(C(F)(F)F)n1. The average molecular weight is 432 g/mol. The van der Waals surface area contributed by atoms with Crippen molar-refractivity contribution in [2.75, 3.05) is 11.9 Å². The van der Waals surface area contributed by atoms with Gasteiger partial charge in [0.25, 0.3) is 5.91 Å². The third-order valence-electron chi connectivity index (χ3n) is 5.39. The number of pyridine rings is 1. The van der Waals surface area contributed by atoms with Crippen LogP contribution in [0.15, 0.2) is 36.5 Å². The molecule has 164 valence electrons. The maximum atomic E-state index is 12.9. The Bertz CT molecular complexity index is 1090. The van der Waals surface area contributed by atoms with Crippen molar-refractivity contribution in [3.05, 3.63) is 47.9 Å². The number of carbonyl (C=O) groups is 1. The first-order valence-corrected chi connectivity index (χ1v) is 10.4. The summed E-state index contributed by atoms with van der Waals surface area (Å²) in [4.78, 5) is 16.1. The second kappa shape index (κ2) is 8.56. The summed E-state index contributed by atoms with van der Waals surface area (Å²) in [5, 5.41) is 8.14. The lowest BCUT2D eigenvalue weighted by atomic mass is 9.96. The van der Waals surface area contributed by atoms with Gasteiger partial charge in [0, 0.05) is 17.6 Å². The largest absolute Gasteiger partial charge is 0.492 e. The number of fused-ring (bicyclic) bond motifs is 1. The monoisotopic (exact) mass is 432 g/mol. The van der Waals surface area contributed by atoms with E-state index in [0.29, 0.717) is 24.1 Å². The second-order valence-electron chi connectivity index (χ2n) is 7.60. The lowest BCUT2D eigenvalue weighted by molar-refractivity contribution is -0.141. The third-order valence-corrected chi connectivity index (χ3v) is 5.39. The second-order valence-corrected chi connectivity index (χ2v) is 7.60. The van der Waals surface area contributed by atoms with E-state index in [1.165, 1.54) is 25.3 Å². The molecule has 1 fully saturated rings. The van der Waals surface area contributed by atoms with Crippen LogP contribution >= 0.6 is 0 Å². The number of nitrogens with zero attached hydrogens (tertiary/aromatic N) is 3. The van der Waals surface area contributed by atoms with Gasteiger partial charge in [-0.15, -0.1) is 0 Å². The number of benzene rings is 1. The summed E-state index contributed by atoms with van der Waals surface area (Å²) in [5.74, 6) is -0.338. The van der Waals surface area contributed by atoms with Gasteiger partial charge in [-0.05, 0) is 38.0 Å². The van der Waals surface area contributed by atoms with Crippen LogP contribution in [0.3, 0.4) is 0 Å². The Morgan fingerprint density at radius 2 is 2.00 bits per heavy atom. The lowest BCUT2D eigenvalue weighted by Gasteiger charge is -2.21. The fourth-order valence-electron chi connectivity index (χ4n) is 3.88. The van der Waals surface area contributed by atoms with Crippen LogP contribution in [0, 0.1) is 0 Å². The number of rotatable bonds is 5. The standard InChI is InChI=1S/C22H23F3N4O2/c1-2-31-19-12-17-14(13-29(28-17)15-7-4-3-5-8-15)11-18(19)27-21(30)16-9-6-10-20(26-16)22(23,24)25/h6,9-13,15H,2-5,7-8H2,1H3,(H,27,30). The van der Waals surface area contributed by atoms with Crippen molar-refractivity contribution in [3.8, 4) is 5.75 Å². The Kier molecular flexibility index (Phi) is 5.84. The first kappa shape index (κ1) is 21.1. The molecular formula is C22H23F3N4O2. The van der Waals surface area contributed by atoms with Crippen LogP contribution in [0.4, 0.5) is 18.9 Å². The molecule has 1 aromatic carbocycles. The van der Waals surface area contributed by atoms with Gasteiger partial charge in [-0.25, -0.2) is 4.98 Å². The van der Waals surface area contributed by atoms with Crippen molar-refractivity contribution in [3.63, 3.8) is 0 Å². The maximum Gasteiger partial charge on any atom is 0.433 e. The highest BCUT2D eigenvalue weighted by atomic mass is 19.4. The maximum absolute atomic E-state index is 12.9. The topological polar surface area (TPSA) is 69.0 Å². The van der Waals surface area contributed by atoms with Gasteiger partial charge in [-0.3, -0.25) is 9.48 Å². The Hall–Kier alpha value is -3.10. The van der Waals surface area contributed by atoms with Crippen LogP contribution in [0.1, 0.15) is 61.3 Å². The van der Waals surface area contributed by atoms with Gasteiger partial charge in [0.15, 0.2) is 0 Å². The first-order chi connectivity index (χ1) is 14.8. The molecular weight excluding hydrogens is 409 g/mol. The van der Waals surface area contributed by atoms with Crippen LogP contribution in [-0.2, 0) is 6.18 Å². The molecule has 0 spiro atoms. The van der Waals surface area contributed by atoms with E-state index in [4.69, 9.17) is 4.74 Å². The Balaban J connectivity index is 1.64. The van der Waals surface area contributed by atoms with Crippen molar-refractivity contribution in [2.45, 2.75) is 51.2 Å². The van der Waals surface area contributed by atoms with Crippen molar-refractivity contribution in [2.24, 2.45) is 0 Å². The van der Waals surface area contributed by atoms with E-state index >= 15 is 0 Å². The number of hydrogen-bond donors (Lipinski definition) is 1. The van der Waals surface area contributed by atoms with Gasteiger partial charge in [0.05, 0.1) is 23.9 Å². The molecule has 1 N–H and O–H groups in total. The van der Waals surface area contributed by atoms with E-state index in [2.05, 4.69) is 15.4 Å². The van der Waals surface area contributed by atoms with Crippen molar-refractivity contribution < 1.29 is 22.7 Å². The van der Waals surface area contributed by atoms with Crippen molar-refractivity contribution in [1.29, 1.82) is 0 Å². The van der Waals surface area contributed by atoms with E-state index < -0.39 is 17.8 Å². The molecule has 0 atom stereocenters. The molecule has 9 heteroatoms. The predicted molar refractivity (Wildman–Crippen MR) is 110 cm³/mol. The molecule has 0 saturated heterocycles. The number of ether oxygens (including phenoxy) is 1. The van der Waals surface area contributed by atoms with Crippen LogP contribution in [-0.4, -0.2) is 27.3 Å². The van der Waals surface area contributed by atoms with E-state index in [1.807, 2.05) is 17.8 Å². The number of halogens is 3. The van der Waals surface area contributed by atoms with E-state index in [-0.39, 0.29) is 5.69 Å². The molecule has 3 aromatic rings. The van der Waals surface area contributed by atoms with Gasteiger partial charge in [0.2, 0.25) is 0 Å².